The molecule has 4 nitrogen and oxygen atoms in total. The van der Waals surface area contributed by atoms with Crippen molar-refractivity contribution in [2.24, 2.45) is 0 Å². The van der Waals surface area contributed by atoms with Crippen LogP contribution in [0.3, 0.4) is 0 Å². The van der Waals surface area contributed by atoms with Gasteiger partial charge in [0.2, 0.25) is 6.10 Å². The van der Waals surface area contributed by atoms with Gasteiger partial charge in [0.1, 0.15) is 0 Å². The summed E-state index contributed by atoms with van der Waals surface area (Å²) in [6.45, 7) is 1.98. The van der Waals surface area contributed by atoms with Gasteiger partial charge < -0.3 is 9.47 Å². The fraction of sp³-hybridized carbons (Fsp3) is 0.273. The van der Waals surface area contributed by atoms with Gasteiger partial charge in [0.15, 0.2) is 0 Å². The third kappa shape index (κ3) is 1.58. The largest absolute Gasteiger partial charge is 0.463 e. The van der Waals surface area contributed by atoms with Gasteiger partial charge in [-0.3, -0.25) is 0 Å². The molecule has 0 fully saturated rings. The van der Waals surface area contributed by atoms with E-state index in [4.69, 9.17) is 9.47 Å². The standard InChI is InChI=1S/C11H10O4/c1-2-14-11(13)9-7-5-3-4-6-8(7)10(12)15-9/h3-6,9H,2H2,1H3/t9-/m1/s1. The Morgan fingerprint density at radius 1 is 1.47 bits per heavy atom. The highest BCUT2D eigenvalue weighted by Crippen LogP contribution is 2.30. The Hall–Kier alpha value is -1.84. The maximum Gasteiger partial charge on any atom is 0.352 e. The summed E-state index contributed by atoms with van der Waals surface area (Å²) in [5.41, 5.74) is 1.02. The predicted octanol–water partition coefficient (Wildman–Crippen LogP) is 1.46. The molecule has 0 aliphatic carbocycles. The summed E-state index contributed by atoms with van der Waals surface area (Å²) in [5.74, 6) is -0.987. The van der Waals surface area contributed by atoms with Crippen LogP contribution in [0, 0.1) is 0 Å². The van der Waals surface area contributed by atoms with Gasteiger partial charge in [0.05, 0.1) is 12.2 Å². The number of benzene rings is 1. The molecule has 0 N–H and O–H groups in total. The molecular formula is C11H10O4. The quantitative estimate of drug-likeness (QED) is 0.687. The predicted molar refractivity (Wildman–Crippen MR) is 51.2 cm³/mol. The molecule has 1 aliphatic heterocycles. The van der Waals surface area contributed by atoms with Crippen LogP contribution in [0.2, 0.25) is 0 Å². The second kappa shape index (κ2) is 3.73. The Balaban J connectivity index is 2.32. The molecule has 0 saturated heterocycles. The smallest absolute Gasteiger partial charge is 0.352 e. The van der Waals surface area contributed by atoms with E-state index in [1.165, 1.54) is 0 Å². The van der Waals surface area contributed by atoms with Gasteiger partial charge in [-0.2, -0.15) is 0 Å². The van der Waals surface area contributed by atoms with E-state index < -0.39 is 18.0 Å². The molecule has 0 radical (unpaired) electrons. The van der Waals surface area contributed by atoms with Gasteiger partial charge in [-0.05, 0) is 13.0 Å². The molecular weight excluding hydrogens is 196 g/mol. The normalized spacial score (nSPS) is 18.2. The Morgan fingerprint density at radius 2 is 2.20 bits per heavy atom. The van der Waals surface area contributed by atoms with E-state index >= 15 is 0 Å². The summed E-state index contributed by atoms with van der Waals surface area (Å²) in [5, 5.41) is 0. The highest BCUT2D eigenvalue weighted by Gasteiger charge is 2.36. The highest BCUT2D eigenvalue weighted by molar-refractivity contribution is 5.98. The number of carbonyl (C=O) groups excluding carboxylic acids is 2. The molecule has 15 heavy (non-hydrogen) atoms. The van der Waals surface area contributed by atoms with Crippen LogP contribution in [0.5, 0.6) is 0 Å². The Bertz CT molecular complexity index is 411. The van der Waals surface area contributed by atoms with Crippen LogP contribution in [0.25, 0.3) is 0 Å². The fourth-order valence-corrected chi connectivity index (χ4v) is 1.54. The molecule has 1 atom stereocenters. The number of carbonyl (C=O) groups is 2. The van der Waals surface area contributed by atoms with E-state index in [0.29, 0.717) is 11.1 Å². The molecule has 1 heterocycles. The van der Waals surface area contributed by atoms with Crippen molar-refractivity contribution in [1.29, 1.82) is 0 Å². The minimum Gasteiger partial charge on any atom is -0.463 e. The van der Waals surface area contributed by atoms with Crippen molar-refractivity contribution in [3.8, 4) is 0 Å². The molecule has 0 bridgehead atoms. The number of ether oxygens (including phenoxy) is 2. The summed E-state index contributed by atoms with van der Waals surface area (Å²) < 4.78 is 9.75. The van der Waals surface area contributed by atoms with E-state index in [2.05, 4.69) is 0 Å². The van der Waals surface area contributed by atoms with Crippen LogP contribution in [0.15, 0.2) is 24.3 Å². The lowest BCUT2D eigenvalue weighted by Crippen LogP contribution is -2.15. The number of hydrogen-bond acceptors (Lipinski definition) is 4. The van der Waals surface area contributed by atoms with Gasteiger partial charge in [-0.1, -0.05) is 18.2 Å². The van der Waals surface area contributed by atoms with Crippen molar-refractivity contribution in [2.75, 3.05) is 6.61 Å². The lowest BCUT2D eigenvalue weighted by Gasteiger charge is -2.08. The first-order valence-electron chi connectivity index (χ1n) is 4.70. The van der Waals surface area contributed by atoms with Crippen molar-refractivity contribution in [2.45, 2.75) is 13.0 Å². The minimum atomic E-state index is -0.895. The number of fused-ring (bicyclic) bond motifs is 1. The summed E-state index contributed by atoms with van der Waals surface area (Å²) >= 11 is 0. The molecule has 0 spiro atoms. The first kappa shape index (κ1) is 9.71. The minimum absolute atomic E-state index is 0.273. The molecule has 78 valence electrons. The number of hydrogen-bond donors (Lipinski definition) is 0. The van der Waals surface area contributed by atoms with Crippen LogP contribution < -0.4 is 0 Å². The number of esters is 2. The third-order valence-electron chi connectivity index (χ3n) is 2.19. The number of rotatable bonds is 2. The first-order chi connectivity index (χ1) is 7.24. The summed E-state index contributed by atoms with van der Waals surface area (Å²) in [6, 6.07) is 6.82. The molecule has 1 aromatic rings. The second-order valence-corrected chi connectivity index (χ2v) is 3.12. The topological polar surface area (TPSA) is 52.6 Å². The average Bonchev–Trinajstić information content (AvgIpc) is 2.58. The zero-order valence-corrected chi connectivity index (χ0v) is 8.23. The zero-order valence-electron chi connectivity index (χ0n) is 8.23. The lowest BCUT2D eigenvalue weighted by atomic mass is 10.1. The summed E-state index contributed by atoms with van der Waals surface area (Å²) in [4.78, 5) is 22.8. The molecule has 0 aromatic heterocycles. The van der Waals surface area contributed by atoms with E-state index in [1.807, 2.05) is 0 Å². The molecule has 0 unspecified atom stereocenters. The molecule has 1 aliphatic rings. The van der Waals surface area contributed by atoms with Crippen LogP contribution in [-0.4, -0.2) is 18.5 Å². The van der Waals surface area contributed by atoms with Crippen LogP contribution in [-0.2, 0) is 14.3 Å². The molecule has 1 aromatic carbocycles. The van der Waals surface area contributed by atoms with Crippen molar-refractivity contribution in [1.82, 2.24) is 0 Å². The van der Waals surface area contributed by atoms with Gasteiger partial charge in [0.25, 0.3) is 0 Å². The van der Waals surface area contributed by atoms with Crippen molar-refractivity contribution in [3.63, 3.8) is 0 Å². The second-order valence-electron chi connectivity index (χ2n) is 3.12. The molecule has 4 heteroatoms. The fourth-order valence-electron chi connectivity index (χ4n) is 1.54. The van der Waals surface area contributed by atoms with E-state index in [-0.39, 0.29) is 6.61 Å². The maximum atomic E-state index is 11.5. The van der Waals surface area contributed by atoms with Gasteiger partial charge >= 0.3 is 11.9 Å². The van der Waals surface area contributed by atoms with Crippen molar-refractivity contribution in [3.05, 3.63) is 35.4 Å². The average molecular weight is 206 g/mol. The van der Waals surface area contributed by atoms with E-state index in [0.717, 1.165) is 0 Å². The Kier molecular flexibility index (Phi) is 2.41. The molecule has 0 amide bonds. The number of cyclic esters (lactones) is 1. The zero-order chi connectivity index (χ0) is 10.8. The van der Waals surface area contributed by atoms with Crippen LogP contribution in [0.4, 0.5) is 0 Å². The van der Waals surface area contributed by atoms with Crippen molar-refractivity contribution >= 4 is 11.9 Å². The van der Waals surface area contributed by atoms with Gasteiger partial charge in [0, 0.05) is 5.56 Å². The van der Waals surface area contributed by atoms with E-state index in [9.17, 15) is 9.59 Å². The molecule has 2 rings (SSSR count). The monoisotopic (exact) mass is 206 g/mol. The Labute approximate surface area is 86.8 Å². The maximum absolute atomic E-state index is 11.5. The molecule has 0 saturated carbocycles. The van der Waals surface area contributed by atoms with Crippen LogP contribution in [0.1, 0.15) is 28.9 Å². The summed E-state index contributed by atoms with van der Waals surface area (Å²) in [6.07, 6.45) is -0.895. The summed E-state index contributed by atoms with van der Waals surface area (Å²) in [7, 11) is 0. The van der Waals surface area contributed by atoms with Gasteiger partial charge in [-0.25, -0.2) is 9.59 Å². The highest BCUT2D eigenvalue weighted by atomic mass is 16.6. The Morgan fingerprint density at radius 3 is 2.93 bits per heavy atom. The van der Waals surface area contributed by atoms with Crippen molar-refractivity contribution < 1.29 is 19.1 Å². The third-order valence-corrected chi connectivity index (χ3v) is 2.19. The lowest BCUT2D eigenvalue weighted by molar-refractivity contribution is -0.153. The van der Waals surface area contributed by atoms with Crippen LogP contribution >= 0.6 is 0 Å². The first-order valence-corrected chi connectivity index (χ1v) is 4.70. The van der Waals surface area contributed by atoms with Gasteiger partial charge in [-0.15, -0.1) is 0 Å². The SMILES string of the molecule is CCOC(=O)[C@@H]1OC(=O)c2ccccc21. The van der Waals surface area contributed by atoms with E-state index in [1.54, 1.807) is 31.2 Å².